The zero-order valence-corrected chi connectivity index (χ0v) is 12.0. The lowest BCUT2D eigenvalue weighted by molar-refractivity contribution is 0.00578. The van der Waals surface area contributed by atoms with Crippen molar-refractivity contribution < 1.29 is 9.31 Å². The van der Waals surface area contributed by atoms with Crippen molar-refractivity contribution in [3.05, 3.63) is 16.7 Å². The summed E-state index contributed by atoms with van der Waals surface area (Å²) in [5, 5.41) is 0. The van der Waals surface area contributed by atoms with Crippen molar-refractivity contribution in [2.45, 2.75) is 38.9 Å². The molecule has 6 heteroatoms. The van der Waals surface area contributed by atoms with Gasteiger partial charge in [-0.15, -0.1) is 0 Å². The molecule has 1 aromatic heterocycles. The Hall–Kier alpha value is -0.585. The number of aromatic nitrogens is 1. The summed E-state index contributed by atoms with van der Waals surface area (Å²) in [6, 6.07) is 1.88. The summed E-state index contributed by atoms with van der Waals surface area (Å²) >= 11 is 3.35. The molecule has 1 aliphatic heterocycles. The van der Waals surface area contributed by atoms with Gasteiger partial charge in [0.15, 0.2) is 0 Å². The lowest BCUT2D eigenvalue weighted by atomic mass is 9.80. The molecule has 0 amide bonds. The third-order valence-corrected chi connectivity index (χ3v) is 4.05. The number of halogens is 1. The lowest BCUT2D eigenvalue weighted by Crippen LogP contribution is -2.41. The largest absolute Gasteiger partial charge is 0.496 e. The fourth-order valence-corrected chi connectivity index (χ4v) is 1.94. The summed E-state index contributed by atoms with van der Waals surface area (Å²) < 4.78 is 12.6. The maximum absolute atomic E-state index is 5.92. The van der Waals surface area contributed by atoms with Crippen molar-refractivity contribution >= 4 is 34.3 Å². The molecule has 1 fully saturated rings. The second-order valence-corrected chi connectivity index (χ2v) is 6.08. The number of rotatable bonds is 1. The number of nitrogen functional groups attached to an aromatic ring is 1. The number of hydrogen-bond acceptors (Lipinski definition) is 4. The van der Waals surface area contributed by atoms with Crippen LogP contribution in [0.15, 0.2) is 16.7 Å². The molecule has 0 aliphatic carbocycles. The molecule has 0 saturated carbocycles. The highest BCUT2D eigenvalue weighted by Crippen LogP contribution is 2.36. The molecule has 0 unspecified atom stereocenters. The van der Waals surface area contributed by atoms with Gasteiger partial charge in [0.25, 0.3) is 0 Å². The van der Waals surface area contributed by atoms with Crippen molar-refractivity contribution in [1.29, 1.82) is 0 Å². The molecule has 2 N–H and O–H groups in total. The first-order valence-electron chi connectivity index (χ1n) is 5.49. The van der Waals surface area contributed by atoms with Crippen LogP contribution in [0.4, 0.5) is 5.82 Å². The Labute approximate surface area is 110 Å². The van der Waals surface area contributed by atoms with E-state index >= 15 is 0 Å². The molecule has 2 rings (SSSR count). The number of hydrogen-bond donors (Lipinski definition) is 1. The number of nitrogens with two attached hydrogens (primary N) is 1. The third-order valence-electron chi connectivity index (χ3n) is 3.42. The van der Waals surface area contributed by atoms with Crippen LogP contribution >= 0.6 is 15.9 Å². The van der Waals surface area contributed by atoms with E-state index < -0.39 is 7.12 Å². The van der Waals surface area contributed by atoms with E-state index in [1.807, 2.05) is 33.8 Å². The topological polar surface area (TPSA) is 57.4 Å². The van der Waals surface area contributed by atoms with Crippen molar-refractivity contribution in [3.8, 4) is 0 Å². The van der Waals surface area contributed by atoms with Gasteiger partial charge >= 0.3 is 7.12 Å². The highest BCUT2D eigenvalue weighted by molar-refractivity contribution is 9.10. The maximum atomic E-state index is 5.92. The van der Waals surface area contributed by atoms with Crippen LogP contribution in [0.1, 0.15) is 27.7 Å². The zero-order chi connectivity index (χ0) is 12.8. The zero-order valence-electron chi connectivity index (χ0n) is 10.5. The van der Waals surface area contributed by atoms with E-state index in [0.717, 1.165) is 9.94 Å². The highest BCUT2D eigenvalue weighted by Gasteiger charge is 2.51. The van der Waals surface area contributed by atoms with E-state index in [0.29, 0.717) is 5.82 Å². The number of pyridine rings is 1. The van der Waals surface area contributed by atoms with Crippen LogP contribution in [0, 0.1) is 0 Å². The SMILES string of the molecule is CC1(C)OB(c2cnc(N)c(Br)c2)OC1(C)C. The summed E-state index contributed by atoms with van der Waals surface area (Å²) in [5.41, 5.74) is 5.84. The maximum Gasteiger partial charge on any atom is 0.496 e. The predicted octanol–water partition coefficient (Wildman–Crippen LogP) is 1.73. The minimum atomic E-state index is -0.399. The Bertz CT molecular complexity index is 435. The van der Waals surface area contributed by atoms with Gasteiger partial charge in [-0.3, -0.25) is 0 Å². The standard InChI is InChI=1S/C11H16BBrN2O2/c1-10(2)11(3,4)17-12(16-10)7-5-8(13)9(14)15-6-7/h5-6H,1-4H3,(H2,14,15). The van der Waals surface area contributed by atoms with Gasteiger partial charge in [0.1, 0.15) is 5.82 Å². The van der Waals surface area contributed by atoms with Gasteiger partial charge in [0, 0.05) is 11.7 Å². The van der Waals surface area contributed by atoms with Gasteiger partial charge in [-0.05, 0) is 49.7 Å². The summed E-state index contributed by atoms with van der Waals surface area (Å²) in [5.74, 6) is 0.463. The van der Waals surface area contributed by atoms with Gasteiger partial charge in [0.05, 0.1) is 15.7 Å². The van der Waals surface area contributed by atoms with E-state index in [4.69, 9.17) is 15.0 Å². The average molecular weight is 299 g/mol. The van der Waals surface area contributed by atoms with Crippen molar-refractivity contribution in [1.82, 2.24) is 4.98 Å². The van der Waals surface area contributed by atoms with Crippen LogP contribution in [0.3, 0.4) is 0 Å². The molecule has 17 heavy (non-hydrogen) atoms. The van der Waals surface area contributed by atoms with Gasteiger partial charge in [-0.25, -0.2) is 4.98 Å². The van der Waals surface area contributed by atoms with Crippen molar-refractivity contribution in [3.63, 3.8) is 0 Å². The third kappa shape index (κ3) is 2.21. The fourth-order valence-electron chi connectivity index (χ4n) is 1.57. The van der Waals surface area contributed by atoms with Gasteiger partial charge in [-0.2, -0.15) is 0 Å². The smallest absolute Gasteiger partial charge is 0.399 e. The van der Waals surface area contributed by atoms with Crippen molar-refractivity contribution in [2.75, 3.05) is 5.73 Å². The summed E-state index contributed by atoms with van der Waals surface area (Å²) in [6.45, 7) is 8.08. The van der Waals surface area contributed by atoms with Gasteiger partial charge < -0.3 is 15.0 Å². The molecule has 0 radical (unpaired) electrons. The molecule has 0 spiro atoms. The van der Waals surface area contributed by atoms with Crippen LogP contribution in [0.5, 0.6) is 0 Å². The summed E-state index contributed by atoms with van der Waals surface area (Å²) in [6.07, 6.45) is 1.68. The quantitative estimate of drug-likeness (QED) is 0.802. The Morgan fingerprint density at radius 2 is 1.76 bits per heavy atom. The molecule has 2 heterocycles. The normalized spacial score (nSPS) is 21.8. The number of anilines is 1. The van der Waals surface area contributed by atoms with Crippen LogP contribution in [0.2, 0.25) is 0 Å². The number of nitrogens with zero attached hydrogens (tertiary/aromatic N) is 1. The molecule has 0 bridgehead atoms. The van der Waals surface area contributed by atoms with E-state index in [-0.39, 0.29) is 11.2 Å². The van der Waals surface area contributed by atoms with E-state index in [2.05, 4.69) is 20.9 Å². The molecular formula is C11H16BBrN2O2. The summed E-state index contributed by atoms with van der Waals surface area (Å²) in [7, 11) is -0.399. The molecule has 0 aromatic carbocycles. The first-order valence-corrected chi connectivity index (χ1v) is 6.29. The Morgan fingerprint density at radius 3 is 2.24 bits per heavy atom. The van der Waals surface area contributed by atoms with E-state index in [1.165, 1.54) is 0 Å². The van der Waals surface area contributed by atoms with E-state index in [1.54, 1.807) is 6.20 Å². The highest BCUT2D eigenvalue weighted by atomic mass is 79.9. The molecule has 1 aromatic rings. The van der Waals surface area contributed by atoms with Crippen molar-refractivity contribution in [2.24, 2.45) is 0 Å². The Balaban J connectivity index is 2.29. The second-order valence-electron chi connectivity index (χ2n) is 5.22. The first-order chi connectivity index (χ1) is 7.73. The average Bonchev–Trinajstić information content (AvgIpc) is 2.41. The first kappa shape index (κ1) is 12.9. The molecule has 1 saturated heterocycles. The van der Waals surface area contributed by atoms with Gasteiger partial charge in [0.2, 0.25) is 0 Å². The second kappa shape index (κ2) is 3.97. The molecule has 92 valence electrons. The predicted molar refractivity (Wildman–Crippen MR) is 72.1 cm³/mol. The Morgan fingerprint density at radius 1 is 1.24 bits per heavy atom. The molecule has 1 aliphatic rings. The Kier molecular flexibility index (Phi) is 3.00. The summed E-state index contributed by atoms with van der Waals surface area (Å²) in [4.78, 5) is 4.09. The van der Waals surface area contributed by atoms with Crippen LogP contribution in [-0.2, 0) is 9.31 Å². The molecule has 4 nitrogen and oxygen atoms in total. The van der Waals surface area contributed by atoms with Crippen LogP contribution in [-0.4, -0.2) is 23.3 Å². The van der Waals surface area contributed by atoms with Crippen LogP contribution in [0.25, 0.3) is 0 Å². The lowest BCUT2D eigenvalue weighted by Gasteiger charge is -2.32. The van der Waals surface area contributed by atoms with Gasteiger partial charge in [-0.1, -0.05) is 0 Å². The fraction of sp³-hybridized carbons (Fsp3) is 0.545. The minimum Gasteiger partial charge on any atom is -0.399 e. The van der Waals surface area contributed by atoms with E-state index in [9.17, 15) is 0 Å². The minimum absolute atomic E-state index is 0.342. The van der Waals surface area contributed by atoms with Crippen LogP contribution < -0.4 is 11.2 Å². The molecular weight excluding hydrogens is 283 g/mol. The molecule has 0 atom stereocenters. The monoisotopic (exact) mass is 298 g/mol.